The number of halogens is 1. The molecule has 24 heavy (non-hydrogen) atoms. The summed E-state index contributed by atoms with van der Waals surface area (Å²) in [6.45, 7) is 7.67. The third-order valence-electron chi connectivity index (χ3n) is 3.96. The van der Waals surface area contributed by atoms with Crippen molar-refractivity contribution in [1.82, 2.24) is 4.90 Å². The fraction of sp³-hybridized carbons (Fsp3) is 0.316. The number of hydrogen-bond donors (Lipinski definition) is 1. The Morgan fingerprint density at radius 3 is 2.71 bits per heavy atom. The lowest BCUT2D eigenvalue weighted by molar-refractivity contribution is 0.116. The lowest BCUT2D eigenvalue weighted by atomic mass is 10.0. The van der Waals surface area contributed by atoms with Crippen molar-refractivity contribution in [3.05, 3.63) is 58.9 Å². The summed E-state index contributed by atoms with van der Waals surface area (Å²) in [6.07, 6.45) is -0.550. The number of fused-ring (bicyclic) bond motifs is 1. The van der Waals surface area contributed by atoms with Gasteiger partial charge in [-0.25, -0.2) is 9.18 Å². The van der Waals surface area contributed by atoms with Gasteiger partial charge in [-0.05, 0) is 31.5 Å². The summed E-state index contributed by atoms with van der Waals surface area (Å²) in [4.78, 5) is 13.6. The molecule has 1 amide bonds. The predicted molar refractivity (Wildman–Crippen MR) is 92.7 cm³/mol. The normalized spacial score (nSPS) is 16.0. The molecule has 0 aromatic heterocycles. The minimum Gasteiger partial charge on any atom is -0.508 e. The number of phenols is 1. The maximum Gasteiger partial charge on any atom is 0.416 e. The summed E-state index contributed by atoms with van der Waals surface area (Å²) in [5.41, 5.74) is 1.78. The van der Waals surface area contributed by atoms with Gasteiger partial charge in [0.2, 0.25) is 0 Å². The van der Waals surface area contributed by atoms with Gasteiger partial charge < -0.3 is 9.84 Å². The highest BCUT2D eigenvalue weighted by Gasteiger charge is 2.32. The van der Waals surface area contributed by atoms with Gasteiger partial charge in [-0.15, -0.1) is 0 Å². The number of aryl methyl sites for hydroxylation is 1. The van der Waals surface area contributed by atoms with Crippen molar-refractivity contribution in [3.63, 3.8) is 0 Å². The summed E-state index contributed by atoms with van der Waals surface area (Å²) in [6, 6.07) is 9.51. The fourth-order valence-electron chi connectivity index (χ4n) is 2.65. The monoisotopic (exact) mass is 333 g/mol. The summed E-state index contributed by atoms with van der Waals surface area (Å²) >= 11 is 0. The molecular formula is C19H24FNO3. The van der Waals surface area contributed by atoms with Crippen LogP contribution in [0.15, 0.2) is 36.4 Å². The second-order valence-corrected chi connectivity index (χ2v) is 5.44. The highest BCUT2D eigenvalue weighted by molar-refractivity contribution is 5.74. The van der Waals surface area contributed by atoms with Crippen LogP contribution in [0.25, 0.3) is 0 Å². The van der Waals surface area contributed by atoms with Crippen LogP contribution in [0.3, 0.4) is 0 Å². The Labute approximate surface area is 143 Å². The van der Waals surface area contributed by atoms with Gasteiger partial charge in [-0.3, -0.25) is 4.90 Å². The zero-order valence-corrected chi connectivity index (χ0v) is 14.3. The van der Waals surface area contributed by atoms with Gasteiger partial charge in [0.25, 0.3) is 0 Å². The van der Waals surface area contributed by atoms with E-state index in [9.17, 15) is 14.3 Å². The Hall–Kier alpha value is -2.56. The van der Waals surface area contributed by atoms with Crippen LogP contribution in [0.1, 0.15) is 44.9 Å². The first-order valence-electron chi connectivity index (χ1n) is 8.02. The van der Waals surface area contributed by atoms with E-state index in [4.69, 9.17) is 4.74 Å². The largest absolute Gasteiger partial charge is 0.508 e. The molecule has 2 aromatic carbocycles. The summed E-state index contributed by atoms with van der Waals surface area (Å²) in [5, 5.41) is 9.47. The van der Waals surface area contributed by atoms with Crippen molar-refractivity contribution >= 4 is 6.09 Å². The van der Waals surface area contributed by atoms with E-state index in [0.29, 0.717) is 16.9 Å². The zero-order chi connectivity index (χ0) is 17.9. The van der Waals surface area contributed by atoms with E-state index >= 15 is 0 Å². The van der Waals surface area contributed by atoms with Gasteiger partial charge in [0.1, 0.15) is 17.3 Å². The maximum atomic E-state index is 14.1. The van der Waals surface area contributed by atoms with Gasteiger partial charge in [0, 0.05) is 18.6 Å². The molecule has 0 unspecified atom stereocenters. The van der Waals surface area contributed by atoms with Crippen LogP contribution >= 0.6 is 0 Å². The quantitative estimate of drug-likeness (QED) is 0.823. The van der Waals surface area contributed by atoms with Crippen LogP contribution < -0.4 is 4.74 Å². The van der Waals surface area contributed by atoms with Gasteiger partial charge in [-0.1, -0.05) is 32.0 Å². The predicted octanol–water partition coefficient (Wildman–Crippen LogP) is 5.19. The van der Waals surface area contributed by atoms with E-state index in [2.05, 4.69) is 0 Å². The molecule has 5 heteroatoms. The van der Waals surface area contributed by atoms with Crippen molar-refractivity contribution in [1.29, 1.82) is 0 Å². The minimum atomic E-state index is -0.550. The van der Waals surface area contributed by atoms with Crippen molar-refractivity contribution in [2.45, 2.75) is 40.3 Å². The van der Waals surface area contributed by atoms with E-state index < -0.39 is 6.09 Å². The smallest absolute Gasteiger partial charge is 0.416 e. The van der Waals surface area contributed by atoms with Crippen LogP contribution in [0.4, 0.5) is 9.18 Å². The molecular weight excluding hydrogens is 309 g/mol. The Balaban J connectivity index is 0.00000101. The van der Waals surface area contributed by atoms with Crippen LogP contribution in [0, 0.1) is 12.7 Å². The second-order valence-electron chi connectivity index (χ2n) is 5.44. The molecule has 0 saturated heterocycles. The minimum absolute atomic E-state index is 0. The number of phenolic OH excluding ortho intramolecular Hbond substituents is 1. The maximum absolute atomic E-state index is 14.1. The third-order valence-corrected chi connectivity index (χ3v) is 3.96. The lowest BCUT2D eigenvalue weighted by Gasteiger charge is -2.34. The number of aromatic hydroxyl groups is 1. The van der Waals surface area contributed by atoms with E-state index in [0.717, 1.165) is 5.56 Å². The van der Waals surface area contributed by atoms with E-state index in [1.165, 1.54) is 11.0 Å². The van der Waals surface area contributed by atoms with Crippen LogP contribution in [-0.4, -0.2) is 16.1 Å². The number of rotatable bonds is 2. The number of benzene rings is 2. The number of carbonyl (C=O) groups is 1. The molecule has 1 heterocycles. The Bertz CT molecular complexity index is 751. The molecule has 4 nitrogen and oxygen atoms in total. The summed E-state index contributed by atoms with van der Waals surface area (Å²) in [5.74, 6) is 0.0781. The van der Waals surface area contributed by atoms with Gasteiger partial charge >= 0.3 is 6.09 Å². The molecule has 130 valence electrons. The van der Waals surface area contributed by atoms with Crippen molar-refractivity contribution in [2.24, 2.45) is 0 Å². The lowest BCUT2D eigenvalue weighted by Crippen LogP contribution is -2.39. The van der Waals surface area contributed by atoms with Crippen LogP contribution in [-0.2, 0) is 6.54 Å². The average Bonchev–Trinajstić information content (AvgIpc) is 2.56. The summed E-state index contributed by atoms with van der Waals surface area (Å²) in [7, 11) is 0. The molecule has 0 spiro atoms. The third kappa shape index (κ3) is 3.35. The molecule has 0 radical (unpaired) electrons. The molecule has 0 aliphatic carbocycles. The number of ether oxygens (including phenoxy) is 1. The van der Waals surface area contributed by atoms with Crippen molar-refractivity contribution < 1.29 is 20.5 Å². The molecule has 3 rings (SSSR count). The fourth-order valence-corrected chi connectivity index (χ4v) is 2.65. The Morgan fingerprint density at radius 2 is 2.00 bits per heavy atom. The van der Waals surface area contributed by atoms with E-state index in [-0.39, 0.29) is 25.6 Å². The van der Waals surface area contributed by atoms with E-state index in [1.807, 2.05) is 20.8 Å². The van der Waals surface area contributed by atoms with Crippen molar-refractivity contribution in [2.75, 3.05) is 0 Å². The molecule has 2 aromatic rings. The Kier molecular flexibility index (Phi) is 5.44. The highest BCUT2D eigenvalue weighted by atomic mass is 19.1. The van der Waals surface area contributed by atoms with Gasteiger partial charge in [0.05, 0.1) is 12.6 Å². The number of amides is 1. The molecule has 1 N–H and O–H groups in total. The van der Waals surface area contributed by atoms with Crippen molar-refractivity contribution in [3.8, 4) is 11.5 Å². The zero-order valence-electron chi connectivity index (χ0n) is 14.3. The summed E-state index contributed by atoms with van der Waals surface area (Å²) < 4.78 is 19.4. The molecule has 0 saturated carbocycles. The molecule has 0 bridgehead atoms. The first-order valence-corrected chi connectivity index (χ1v) is 8.02. The Morgan fingerprint density at radius 1 is 1.29 bits per heavy atom. The van der Waals surface area contributed by atoms with Gasteiger partial charge in [-0.2, -0.15) is 0 Å². The average molecular weight is 333 g/mol. The molecule has 1 aliphatic rings. The molecule has 0 fully saturated rings. The standard InChI is InChI=1S/C17H16FNO3.C2H6.H2/c1-10-4-3-5-12(16(10)18)9-19-11(2)14-7-6-13(20)8-15(14)22-17(19)21;1-2;/h3-8,11,20H,9H2,1-2H3;1-2H3;1H/t11-;;/m0../s1. The highest BCUT2D eigenvalue weighted by Crippen LogP contribution is 2.37. The molecule has 1 atom stereocenters. The number of nitrogens with zero attached hydrogens (tertiary/aromatic N) is 1. The topological polar surface area (TPSA) is 49.8 Å². The first kappa shape index (κ1) is 17.8. The first-order chi connectivity index (χ1) is 11.5. The number of hydrogen-bond acceptors (Lipinski definition) is 3. The van der Waals surface area contributed by atoms with Crippen LogP contribution in [0.5, 0.6) is 11.5 Å². The van der Waals surface area contributed by atoms with Crippen LogP contribution in [0.2, 0.25) is 0 Å². The van der Waals surface area contributed by atoms with E-state index in [1.54, 1.807) is 37.3 Å². The SMILES string of the molecule is CC.Cc1cccc(CN2C(=O)Oc3cc(O)ccc3[C@@H]2C)c1F.[HH]. The number of carbonyl (C=O) groups excluding carboxylic acids is 1. The second kappa shape index (κ2) is 7.34. The van der Waals surface area contributed by atoms with Gasteiger partial charge in [0.15, 0.2) is 0 Å². The molecule has 1 aliphatic heterocycles.